The quantitative estimate of drug-likeness (QED) is 0.525. The lowest BCUT2D eigenvalue weighted by molar-refractivity contribution is 0.693. The third kappa shape index (κ3) is 3.69. The lowest BCUT2D eigenvalue weighted by atomic mass is 10.3. The Bertz CT molecular complexity index is 204. The Balaban J connectivity index is 2.00. The topological polar surface area (TPSA) is 12.0 Å². The molecule has 66 valence electrons. The zero-order valence-corrected chi connectivity index (χ0v) is 8.07. The molecule has 0 saturated carbocycles. The van der Waals surface area contributed by atoms with Gasteiger partial charge in [0.1, 0.15) is 0 Å². The molecule has 0 atom stereocenters. The summed E-state index contributed by atoms with van der Waals surface area (Å²) >= 11 is 1.83. The lowest BCUT2D eigenvalue weighted by Crippen LogP contribution is -2.17. The predicted molar refractivity (Wildman–Crippen MR) is 55.7 cm³/mol. The monoisotopic (exact) mass is 181 g/mol. The van der Waals surface area contributed by atoms with Crippen LogP contribution >= 0.6 is 11.3 Å². The first-order valence-electron chi connectivity index (χ1n) is 4.27. The van der Waals surface area contributed by atoms with Gasteiger partial charge in [-0.15, -0.1) is 17.9 Å². The lowest BCUT2D eigenvalue weighted by Gasteiger charge is -1.99. The van der Waals surface area contributed by atoms with Crippen LogP contribution in [0.5, 0.6) is 0 Å². The van der Waals surface area contributed by atoms with Gasteiger partial charge in [0.15, 0.2) is 0 Å². The van der Waals surface area contributed by atoms with Gasteiger partial charge in [0, 0.05) is 4.88 Å². The second kappa shape index (κ2) is 5.98. The van der Waals surface area contributed by atoms with Crippen molar-refractivity contribution in [2.24, 2.45) is 0 Å². The highest BCUT2D eigenvalue weighted by atomic mass is 32.1. The molecule has 0 spiro atoms. The summed E-state index contributed by atoms with van der Waals surface area (Å²) in [5.41, 5.74) is 0. The van der Waals surface area contributed by atoms with Crippen molar-refractivity contribution in [3.63, 3.8) is 0 Å². The molecule has 0 aliphatic carbocycles. The van der Waals surface area contributed by atoms with E-state index in [0.29, 0.717) is 0 Å². The van der Waals surface area contributed by atoms with Crippen molar-refractivity contribution in [3.8, 4) is 0 Å². The van der Waals surface area contributed by atoms with Crippen LogP contribution in [0.3, 0.4) is 0 Å². The van der Waals surface area contributed by atoms with E-state index >= 15 is 0 Å². The van der Waals surface area contributed by atoms with Crippen molar-refractivity contribution in [3.05, 3.63) is 35.0 Å². The van der Waals surface area contributed by atoms with Gasteiger partial charge in [0.2, 0.25) is 0 Å². The molecule has 0 fully saturated rings. The van der Waals surface area contributed by atoms with E-state index in [-0.39, 0.29) is 0 Å². The molecule has 0 aliphatic heterocycles. The maximum absolute atomic E-state index is 3.67. The molecule has 0 saturated heterocycles. The van der Waals surface area contributed by atoms with Crippen molar-refractivity contribution >= 4 is 11.3 Å². The van der Waals surface area contributed by atoms with Gasteiger partial charge < -0.3 is 5.32 Å². The van der Waals surface area contributed by atoms with E-state index in [4.69, 9.17) is 0 Å². The van der Waals surface area contributed by atoms with E-state index in [9.17, 15) is 0 Å². The summed E-state index contributed by atoms with van der Waals surface area (Å²) in [7, 11) is 0. The van der Waals surface area contributed by atoms with Crippen LogP contribution in [0.15, 0.2) is 30.2 Å². The van der Waals surface area contributed by atoms with Crippen molar-refractivity contribution in [1.29, 1.82) is 0 Å². The third-order valence-electron chi connectivity index (χ3n) is 1.65. The van der Waals surface area contributed by atoms with Gasteiger partial charge >= 0.3 is 0 Å². The van der Waals surface area contributed by atoms with Gasteiger partial charge in [-0.2, -0.15) is 0 Å². The summed E-state index contributed by atoms with van der Waals surface area (Å²) < 4.78 is 0. The number of nitrogens with one attached hydrogen (secondary N) is 1. The van der Waals surface area contributed by atoms with Crippen LogP contribution in [0, 0.1) is 0 Å². The highest BCUT2D eigenvalue weighted by molar-refractivity contribution is 7.09. The Morgan fingerprint density at radius 3 is 3.08 bits per heavy atom. The van der Waals surface area contributed by atoms with Crippen molar-refractivity contribution in [2.45, 2.75) is 12.8 Å². The molecule has 1 heterocycles. The third-order valence-corrected chi connectivity index (χ3v) is 2.59. The molecule has 1 aromatic rings. The average Bonchev–Trinajstić information content (AvgIpc) is 2.57. The molecule has 0 bridgehead atoms. The molecule has 0 unspecified atom stereocenters. The Hall–Kier alpha value is -0.600. The van der Waals surface area contributed by atoms with E-state index in [1.165, 1.54) is 4.88 Å². The minimum atomic E-state index is 1.05. The summed E-state index contributed by atoms with van der Waals surface area (Å²) in [6.07, 6.45) is 4.15. The molecular formula is C10H15NS. The summed E-state index contributed by atoms with van der Waals surface area (Å²) in [4.78, 5) is 1.46. The largest absolute Gasteiger partial charge is 0.316 e. The van der Waals surface area contributed by atoms with Crippen molar-refractivity contribution in [1.82, 2.24) is 5.32 Å². The molecule has 1 rings (SSSR count). The van der Waals surface area contributed by atoms with Gasteiger partial charge in [-0.25, -0.2) is 0 Å². The number of hydrogen-bond acceptors (Lipinski definition) is 2. The standard InChI is InChI=1S/C10H15NS/c1-2-3-7-11-8-6-10-5-4-9-12-10/h2,4-5,9,11H,1,3,6-8H2. The normalized spacial score (nSPS) is 10.0. The maximum Gasteiger partial charge on any atom is 0.00578 e. The Morgan fingerprint density at radius 1 is 1.50 bits per heavy atom. The van der Waals surface area contributed by atoms with E-state index in [1.54, 1.807) is 0 Å². The van der Waals surface area contributed by atoms with Crippen molar-refractivity contribution in [2.75, 3.05) is 13.1 Å². The second-order valence-corrected chi connectivity index (χ2v) is 3.69. The molecule has 1 aromatic heterocycles. The minimum absolute atomic E-state index is 1.05. The average molecular weight is 181 g/mol. The van der Waals surface area contributed by atoms with Gasteiger partial charge in [-0.05, 0) is 37.4 Å². The van der Waals surface area contributed by atoms with Crippen LogP contribution < -0.4 is 5.32 Å². The summed E-state index contributed by atoms with van der Waals surface area (Å²) in [5, 5.41) is 5.48. The minimum Gasteiger partial charge on any atom is -0.316 e. The summed E-state index contributed by atoms with van der Waals surface area (Å²) in [6.45, 7) is 5.80. The van der Waals surface area contributed by atoms with E-state index in [1.807, 2.05) is 17.4 Å². The summed E-state index contributed by atoms with van der Waals surface area (Å²) in [6, 6.07) is 4.28. The molecule has 12 heavy (non-hydrogen) atoms. The molecule has 0 radical (unpaired) electrons. The van der Waals surface area contributed by atoms with Gasteiger partial charge in [0.05, 0.1) is 0 Å². The van der Waals surface area contributed by atoms with Crippen LogP contribution in [0.2, 0.25) is 0 Å². The highest BCUT2D eigenvalue weighted by Gasteiger charge is 1.91. The van der Waals surface area contributed by atoms with Crippen molar-refractivity contribution < 1.29 is 0 Å². The molecular weight excluding hydrogens is 166 g/mol. The molecule has 0 aliphatic rings. The first-order chi connectivity index (χ1) is 5.93. The molecule has 0 aromatic carbocycles. The summed E-state index contributed by atoms with van der Waals surface area (Å²) in [5.74, 6) is 0. The molecule has 2 heteroatoms. The molecule has 1 N–H and O–H groups in total. The smallest absolute Gasteiger partial charge is 0.00578 e. The molecule has 1 nitrogen and oxygen atoms in total. The Kier molecular flexibility index (Phi) is 4.73. The van der Waals surface area contributed by atoms with E-state index < -0.39 is 0 Å². The first-order valence-corrected chi connectivity index (χ1v) is 5.15. The second-order valence-electron chi connectivity index (χ2n) is 2.66. The van der Waals surface area contributed by atoms with E-state index in [2.05, 4.69) is 29.4 Å². The number of rotatable bonds is 6. The van der Waals surface area contributed by atoms with Crippen LogP contribution in [-0.4, -0.2) is 13.1 Å². The number of hydrogen-bond donors (Lipinski definition) is 1. The zero-order chi connectivity index (χ0) is 8.65. The predicted octanol–water partition coefficient (Wildman–Crippen LogP) is 2.46. The van der Waals surface area contributed by atoms with E-state index in [0.717, 1.165) is 25.9 Å². The van der Waals surface area contributed by atoms with Crippen LogP contribution in [-0.2, 0) is 6.42 Å². The Labute approximate surface area is 78.1 Å². The molecule has 0 amide bonds. The fourth-order valence-electron chi connectivity index (χ4n) is 0.996. The Morgan fingerprint density at radius 2 is 2.42 bits per heavy atom. The first kappa shape index (κ1) is 9.49. The van der Waals surface area contributed by atoms with Gasteiger partial charge in [-0.1, -0.05) is 12.1 Å². The van der Waals surface area contributed by atoms with Gasteiger partial charge in [0.25, 0.3) is 0 Å². The fourth-order valence-corrected chi connectivity index (χ4v) is 1.70. The van der Waals surface area contributed by atoms with Gasteiger partial charge in [-0.3, -0.25) is 0 Å². The van der Waals surface area contributed by atoms with Crippen LogP contribution in [0.1, 0.15) is 11.3 Å². The number of thiophene rings is 1. The fraction of sp³-hybridized carbons (Fsp3) is 0.400. The SMILES string of the molecule is C=CCCNCCc1cccs1. The van der Waals surface area contributed by atoms with Crippen LogP contribution in [0.4, 0.5) is 0 Å². The maximum atomic E-state index is 3.67. The highest BCUT2D eigenvalue weighted by Crippen LogP contribution is 2.07. The zero-order valence-electron chi connectivity index (χ0n) is 7.25. The van der Waals surface area contributed by atoms with Crippen LogP contribution in [0.25, 0.3) is 0 Å².